The first-order valence-electron chi connectivity index (χ1n) is 7.53. The molecule has 1 heterocycles. The van der Waals surface area contributed by atoms with Gasteiger partial charge >= 0.3 is 0 Å². The highest BCUT2D eigenvalue weighted by molar-refractivity contribution is 9.10. The molecule has 0 aromatic heterocycles. The predicted octanol–water partition coefficient (Wildman–Crippen LogP) is 2.12. The van der Waals surface area contributed by atoms with E-state index in [0.29, 0.717) is 25.6 Å². The van der Waals surface area contributed by atoms with Crippen LogP contribution in [0, 0.1) is 5.92 Å². The summed E-state index contributed by atoms with van der Waals surface area (Å²) >= 11 is 3.50. The normalized spacial score (nSPS) is 20.0. The monoisotopic (exact) mass is 354 g/mol. The van der Waals surface area contributed by atoms with Crippen LogP contribution in [0.1, 0.15) is 18.9 Å². The highest BCUT2D eigenvalue weighted by Gasteiger charge is 2.22. The van der Waals surface area contributed by atoms with Crippen molar-refractivity contribution in [2.75, 3.05) is 26.2 Å². The van der Waals surface area contributed by atoms with Crippen molar-refractivity contribution < 1.29 is 9.53 Å². The highest BCUT2D eigenvalue weighted by atomic mass is 79.9. The molecule has 1 amide bonds. The maximum Gasteiger partial charge on any atom is 0.250 e. The van der Waals surface area contributed by atoms with Gasteiger partial charge in [0.05, 0.1) is 6.61 Å². The molecule has 0 bridgehead atoms. The molecular weight excluding hydrogens is 332 g/mol. The number of hydrogen-bond acceptors (Lipinski definition) is 3. The largest absolute Gasteiger partial charge is 0.366 e. The van der Waals surface area contributed by atoms with Crippen molar-refractivity contribution in [3.8, 4) is 0 Å². The van der Waals surface area contributed by atoms with Gasteiger partial charge in [0.1, 0.15) is 6.10 Å². The summed E-state index contributed by atoms with van der Waals surface area (Å²) in [7, 11) is 0. The van der Waals surface area contributed by atoms with Crippen molar-refractivity contribution in [2.45, 2.75) is 25.9 Å². The molecule has 0 spiro atoms. The summed E-state index contributed by atoms with van der Waals surface area (Å²) in [6, 6.07) is 8.34. The lowest BCUT2D eigenvalue weighted by atomic mass is 9.97. The van der Waals surface area contributed by atoms with Crippen LogP contribution in [0.4, 0.5) is 0 Å². The molecule has 0 radical (unpaired) electrons. The second-order valence-electron chi connectivity index (χ2n) is 5.42. The number of carbonyl (C=O) groups is 1. The van der Waals surface area contributed by atoms with Crippen LogP contribution in [0.5, 0.6) is 0 Å². The summed E-state index contributed by atoms with van der Waals surface area (Å²) < 4.78 is 6.56. The lowest BCUT2D eigenvalue weighted by Crippen LogP contribution is -2.48. The maximum atomic E-state index is 12.0. The number of ether oxygens (including phenoxy) is 1. The fraction of sp³-hybridized carbons (Fsp3) is 0.562. The lowest BCUT2D eigenvalue weighted by molar-refractivity contribution is -0.134. The third kappa shape index (κ3) is 5.41. The van der Waals surface area contributed by atoms with E-state index < -0.39 is 0 Å². The van der Waals surface area contributed by atoms with Gasteiger partial charge in [-0.2, -0.15) is 0 Å². The molecule has 4 nitrogen and oxygen atoms in total. The Balaban J connectivity index is 1.80. The Morgan fingerprint density at radius 2 is 2.43 bits per heavy atom. The van der Waals surface area contributed by atoms with Crippen LogP contribution < -0.4 is 10.6 Å². The molecular formula is C16H23BrN2O2. The minimum atomic E-state index is -0.345. The molecule has 1 aromatic rings. The van der Waals surface area contributed by atoms with Crippen LogP contribution in [0.15, 0.2) is 28.7 Å². The number of halogens is 1. The zero-order chi connectivity index (χ0) is 15.1. The van der Waals surface area contributed by atoms with E-state index in [-0.39, 0.29) is 12.0 Å². The fourth-order valence-corrected chi connectivity index (χ4v) is 2.90. The summed E-state index contributed by atoms with van der Waals surface area (Å²) in [6.45, 7) is 4.89. The SMILES string of the molecule is CCC(CNC(=O)C1CNCCO1)Cc1cccc(Br)c1. The summed E-state index contributed by atoms with van der Waals surface area (Å²) in [5.74, 6) is 0.440. The Kier molecular flexibility index (Phi) is 6.67. The predicted molar refractivity (Wildman–Crippen MR) is 87.2 cm³/mol. The molecule has 2 N–H and O–H groups in total. The lowest BCUT2D eigenvalue weighted by Gasteiger charge is -2.24. The Morgan fingerprint density at radius 1 is 1.57 bits per heavy atom. The van der Waals surface area contributed by atoms with Gasteiger partial charge in [-0.1, -0.05) is 41.4 Å². The molecule has 21 heavy (non-hydrogen) atoms. The van der Waals surface area contributed by atoms with Gasteiger partial charge < -0.3 is 15.4 Å². The summed E-state index contributed by atoms with van der Waals surface area (Å²) in [4.78, 5) is 12.0. The Morgan fingerprint density at radius 3 is 3.10 bits per heavy atom. The van der Waals surface area contributed by atoms with Gasteiger partial charge in [-0.25, -0.2) is 0 Å². The van der Waals surface area contributed by atoms with Crippen LogP contribution in [0.2, 0.25) is 0 Å². The van der Waals surface area contributed by atoms with Crippen molar-refractivity contribution >= 4 is 21.8 Å². The Bertz CT molecular complexity index is 461. The van der Waals surface area contributed by atoms with E-state index in [0.717, 1.165) is 23.9 Å². The van der Waals surface area contributed by atoms with E-state index in [9.17, 15) is 4.79 Å². The maximum absolute atomic E-state index is 12.0. The molecule has 2 rings (SSSR count). The first-order valence-corrected chi connectivity index (χ1v) is 8.32. The molecule has 1 aliphatic heterocycles. The van der Waals surface area contributed by atoms with Crippen LogP contribution >= 0.6 is 15.9 Å². The topological polar surface area (TPSA) is 50.4 Å². The summed E-state index contributed by atoms with van der Waals surface area (Å²) in [5, 5.41) is 6.19. The standard InChI is InChI=1S/C16H23BrN2O2/c1-2-12(8-13-4-3-5-14(17)9-13)10-19-16(20)15-11-18-6-7-21-15/h3-5,9,12,15,18H,2,6-8,10-11H2,1H3,(H,19,20). The number of rotatable bonds is 6. The third-order valence-electron chi connectivity index (χ3n) is 3.78. The van der Waals surface area contributed by atoms with E-state index in [2.05, 4.69) is 45.6 Å². The van der Waals surface area contributed by atoms with E-state index in [4.69, 9.17) is 4.74 Å². The van der Waals surface area contributed by atoms with Gasteiger partial charge in [0, 0.05) is 24.1 Å². The summed E-state index contributed by atoms with van der Waals surface area (Å²) in [6.07, 6.45) is 1.67. The molecule has 1 aliphatic rings. The van der Waals surface area contributed by atoms with Gasteiger partial charge in [0.15, 0.2) is 0 Å². The van der Waals surface area contributed by atoms with Gasteiger partial charge in [0.25, 0.3) is 0 Å². The second-order valence-corrected chi connectivity index (χ2v) is 6.33. The number of amides is 1. The van der Waals surface area contributed by atoms with Crippen molar-refractivity contribution in [1.82, 2.24) is 10.6 Å². The zero-order valence-electron chi connectivity index (χ0n) is 12.4. The van der Waals surface area contributed by atoms with Crippen LogP contribution in [0.3, 0.4) is 0 Å². The highest BCUT2D eigenvalue weighted by Crippen LogP contribution is 2.16. The summed E-state index contributed by atoms with van der Waals surface area (Å²) in [5.41, 5.74) is 1.29. The zero-order valence-corrected chi connectivity index (χ0v) is 14.0. The molecule has 5 heteroatoms. The average molecular weight is 355 g/mol. The van der Waals surface area contributed by atoms with Crippen molar-refractivity contribution in [3.63, 3.8) is 0 Å². The van der Waals surface area contributed by atoms with Gasteiger partial charge in [-0.15, -0.1) is 0 Å². The number of nitrogens with one attached hydrogen (secondary N) is 2. The van der Waals surface area contributed by atoms with E-state index in [1.807, 2.05) is 12.1 Å². The van der Waals surface area contributed by atoms with Crippen molar-refractivity contribution in [3.05, 3.63) is 34.3 Å². The van der Waals surface area contributed by atoms with E-state index in [1.54, 1.807) is 0 Å². The van der Waals surface area contributed by atoms with Gasteiger partial charge in [-0.05, 0) is 30.0 Å². The first kappa shape index (κ1) is 16.5. The smallest absolute Gasteiger partial charge is 0.250 e. The fourth-order valence-electron chi connectivity index (χ4n) is 2.45. The van der Waals surface area contributed by atoms with Gasteiger partial charge in [0.2, 0.25) is 5.91 Å². The van der Waals surface area contributed by atoms with E-state index in [1.165, 1.54) is 5.56 Å². The average Bonchev–Trinajstić information content (AvgIpc) is 2.52. The quantitative estimate of drug-likeness (QED) is 0.822. The number of hydrogen-bond donors (Lipinski definition) is 2. The molecule has 116 valence electrons. The minimum Gasteiger partial charge on any atom is -0.366 e. The molecule has 1 saturated heterocycles. The van der Waals surface area contributed by atoms with Crippen molar-refractivity contribution in [2.24, 2.45) is 5.92 Å². The second kappa shape index (κ2) is 8.51. The Labute approximate surface area is 134 Å². The Hall–Kier alpha value is -0.910. The molecule has 1 fully saturated rings. The molecule has 2 atom stereocenters. The molecule has 1 aromatic carbocycles. The van der Waals surface area contributed by atoms with Gasteiger partial charge in [-0.3, -0.25) is 4.79 Å². The van der Waals surface area contributed by atoms with Crippen LogP contribution in [0.25, 0.3) is 0 Å². The first-order chi connectivity index (χ1) is 10.2. The molecule has 2 unspecified atom stereocenters. The molecule has 0 saturated carbocycles. The third-order valence-corrected chi connectivity index (χ3v) is 4.27. The minimum absolute atomic E-state index is 0.00473. The number of benzene rings is 1. The van der Waals surface area contributed by atoms with Crippen LogP contribution in [-0.4, -0.2) is 38.3 Å². The number of carbonyl (C=O) groups excluding carboxylic acids is 1. The van der Waals surface area contributed by atoms with Crippen LogP contribution in [-0.2, 0) is 16.0 Å². The molecule has 0 aliphatic carbocycles. The van der Waals surface area contributed by atoms with E-state index >= 15 is 0 Å². The number of morpholine rings is 1. The van der Waals surface area contributed by atoms with Crippen molar-refractivity contribution in [1.29, 1.82) is 0 Å².